The SMILES string of the molecule is Oc1ccc(Cc2ccccc2)cc1-c1nc2c(-c3cccc(-c4ccccn4)c3)cccc2o1. The molecule has 0 atom stereocenters. The second-order valence-corrected chi connectivity index (χ2v) is 8.48. The molecule has 2 heterocycles. The van der Waals surface area contributed by atoms with Gasteiger partial charge in [-0.05, 0) is 59.5 Å². The van der Waals surface area contributed by atoms with Gasteiger partial charge in [0.15, 0.2) is 5.58 Å². The van der Waals surface area contributed by atoms with Crippen LogP contribution < -0.4 is 0 Å². The first-order valence-corrected chi connectivity index (χ1v) is 11.5. The number of pyridine rings is 1. The van der Waals surface area contributed by atoms with Gasteiger partial charge in [0.25, 0.3) is 0 Å². The van der Waals surface area contributed by atoms with E-state index in [1.807, 2.05) is 72.8 Å². The standard InChI is InChI=1S/C31H22N2O2/c34-28-16-15-22(18-21-8-2-1-3-9-21)19-26(28)31-33-30-25(12-7-14-29(30)35-31)23-10-6-11-24(20-23)27-13-4-5-17-32-27/h1-17,19-20,34H,18H2. The predicted octanol–water partition coefficient (Wildman–Crippen LogP) is 7.52. The molecule has 0 amide bonds. The molecule has 0 aliphatic carbocycles. The summed E-state index contributed by atoms with van der Waals surface area (Å²) in [6.45, 7) is 0. The van der Waals surface area contributed by atoms with Crippen molar-refractivity contribution in [2.45, 2.75) is 6.42 Å². The van der Waals surface area contributed by atoms with Crippen molar-refractivity contribution in [3.63, 3.8) is 0 Å². The fourth-order valence-corrected chi connectivity index (χ4v) is 4.37. The van der Waals surface area contributed by atoms with Crippen molar-refractivity contribution in [3.8, 4) is 39.6 Å². The normalized spacial score (nSPS) is 11.1. The van der Waals surface area contributed by atoms with Gasteiger partial charge >= 0.3 is 0 Å². The van der Waals surface area contributed by atoms with Gasteiger partial charge < -0.3 is 9.52 Å². The zero-order valence-electron chi connectivity index (χ0n) is 18.9. The van der Waals surface area contributed by atoms with Crippen LogP contribution in [0.25, 0.3) is 44.9 Å². The molecule has 0 saturated heterocycles. The van der Waals surface area contributed by atoms with E-state index in [0.29, 0.717) is 17.0 Å². The first-order valence-electron chi connectivity index (χ1n) is 11.5. The number of rotatable bonds is 5. The molecule has 6 rings (SSSR count). The largest absolute Gasteiger partial charge is 0.507 e. The third-order valence-electron chi connectivity index (χ3n) is 6.10. The van der Waals surface area contributed by atoms with Gasteiger partial charge in [0.1, 0.15) is 11.3 Å². The molecule has 168 valence electrons. The van der Waals surface area contributed by atoms with Crippen molar-refractivity contribution in [2.24, 2.45) is 0 Å². The Kier molecular flexibility index (Phi) is 5.32. The molecule has 0 radical (unpaired) electrons. The Labute approximate surface area is 203 Å². The minimum Gasteiger partial charge on any atom is -0.507 e. The molecule has 0 aliphatic rings. The molecule has 6 aromatic rings. The van der Waals surface area contributed by atoms with E-state index in [4.69, 9.17) is 9.40 Å². The summed E-state index contributed by atoms with van der Waals surface area (Å²) in [7, 11) is 0. The number of aromatic nitrogens is 2. The predicted molar refractivity (Wildman–Crippen MR) is 139 cm³/mol. The van der Waals surface area contributed by atoms with Crippen LogP contribution in [0.4, 0.5) is 0 Å². The lowest BCUT2D eigenvalue weighted by Crippen LogP contribution is -1.89. The molecule has 2 aromatic heterocycles. The van der Waals surface area contributed by atoms with Crippen molar-refractivity contribution >= 4 is 11.1 Å². The monoisotopic (exact) mass is 454 g/mol. The van der Waals surface area contributed by atoms with Gasteiger partial charge in [0.2, 0.25) is 5.89 Å². The van der Waals surface area contributed by atoms with E-state index in [0.717, 1.165) is 39.9 Å². The number of hydrogen-bond donors (Lipinski definition) is 1. The highest BCUT2D eigenvalue weighted by atomic mass is 16.3. The number of aromatic hydroxyl groups is 1. The number of phenolic OH excluding ortho intramolecular Hbond substituents is 1. The van der Waals surface area contributed by atoms with Gasteiger partial charge in [-0.1, -0.05) is 72.8 Å². The highest BCUT2D eigenvalue weighted by Crippen LogP contribution is 2.36. The van der Waals surface area contributed by atoms with Crippen LogP contribution in [-0.4, -0.2) is 15.1 Å². The summed E-state index contributed by atoms with van der Waals surface area (Å²) < 4.78 is 6.13. The smallest absolute Gasteiger partial charge is 0.231 e. The molecule has 1 N–H and O–H groups in total. The van der Waals surface area contributed by atoms with E-state index in [1.54, 1.807) is 12.3 Å². The van der Waals surface area contributed by atoms with Crippen LogP contribution >= 0.6 is 0 Å². The molecular weight excluding hydrogens is 432 g/mol. The summed E-state index contributed by atoms with van der Waals surface area (Å²) in [5.74, 6) is 0.549. The van der Waals surface area contributed by atoms with Crippen molar-refractivity contribution < 1.29 is 9.52 Å². The molecule has 0 spiro atoms. The summed E-state index contributed by atoms with van der Waals surface area (Å²) >= 11 is 0. The fourth-order valence-electron chi connectivity index (χ4n) is 4.37. The van der Waals surface area contributed by atoms with Crippen LogP contribution in [0.1, 0.15) is 11.1 Å². The summed E-state index contributed by atoms with van der Waals surface area (Å²) in [6.07, 6.45) is 2.56. The molecule has 4 nitrogen and oxygen atoms in total. The average molecular weight is 455 g/mol. The molecule has 0 fully saturated rings. The molecule has 4 aromatic carbocycles. The van der Waals surface area contributed by atoms with E-state index in [9.17, 15) is 5.11 Å². The average Bonchev–Trinajstić information content (AvgIpc) is 3.35. The van der Waals surface area contributed by atoms with Gasteiger partial charge in [-0.3, -0.25) is 4.98 Å². The highest BCUT2D eigenvalue weighted by Gasteiger charge is 2.16. The lowest BCUT2D eigenvalue weighted by molar-refractivity contribution is 0.474. The Balaban J connectivity index is 1.41. The van der Waals surface area contributed by atoms with E-state index in [1.165, 1.54) is 5.56 Å². The Bertz CT molecular complexity index is 1620. The van der Waals surface area contributed by atoms with E-state index in [-0.39, 0.29) is 5.75 Å². The fraction of sp³-hybridized carbons (Fsp3) is 0.0323. The summed E-state index contributed by atoms with van der Waals surface area (Å²) in [5.41, 5.74) is 8.25. The second-order valence-electron chi connectivity index (χ2n) is 8.48. The third-order valence-corrected chi connectivity index (χ3v) is 6.10. The highest BCUT2D eigenvalue weighted by molar-refractivity contribution is 5.93. The zero-order valence-corrected chi connectivity index (χ0v) is 18.9. The second kappa shape index (κ2) is 8.92. The van der Waals surface area contributed by atoms with E-state index < -0.39 is 0 Å². The summed E-state index contributed by atoms with van der Waals surface area (Å²) in [5, 5.41) is 10.6. The minimum atomic E-state index is 0.145. The molecule has 35 heavy (non-hydrogen) atoms. The topological polar surface area (TPSA) is 59.2 Å². The molecule has 0 bridgehead atoms. The quantitative estimate of drug-likeness (QED) is 0.293. The third kappa shape index (κ3) is 4.18. The summed E-state index contributed by atoms with van der Waals surface area (Å²) in [6, 6.07) is 35.9. The maximum atomic E-state index is 10.6. The van der Waals surface area contributed by atoms with Crippen LogP contribution in [-0.2, 0) is 6.42 Å². The van der Waals surface area contributed by atoms with Gasteiger partial charge in [-0.25, -0.2) is 4.98 Å². The minimum absolute atomic E-state index is 0.145. The maximum Gasteiger partial charge on any atom is 0.231 e. The van der Waals surface area contributed by atoms with E-state index in [2.05, 4.69) is 35.3 Å². The molecule has 0 unspecified atom stereocenters. The lowest BCUT2D eigenvalue weighted by Gasteiger charge is -2.06. The van der Waals surface area contributed by atoms with Crippen LogP contribution in [0.2, 0.25) is 0 Å². The van der Waals surface area contributed by atoms with Crippen molar-refractivity contribution in [1.29, 1.82) is 0 Å². The Hall–Kier alpha value is -4.70. The first-order chi connectivity index (χ1) is 17.2. The number of phenols is 1. The number of fused-ring (bicyclic) bond motifs is 1. The van der Waals surface area contributed by atoms with Gasteiger partial charge in [0, 0.05) is 17.3 Å². The number of oxazole rings is 1. The van der Waals surface area contributed by atoms with Crippen LogP contribution in [0.5, 0.6) is 5.75 Å². The Morgan fingerprint density at radius 1 is 0.657 bits per heavy atom. The number of para-hydroxylation sites is 1. The zero-order chi connectivity index (χ0) is 23.6. The van der Waals surface area contributed by atoms with E-state index >= 15 is 0 Å². The van der Waals surface area contributed by atoms with Crippen LogP contribution in [0.3, 0.4) is 0 Å². The van der Waals surface area contributed by atoms with Gasteiger partial charge in [0.05, 0.1) is 11.3 Å². The lowest BCUT2D eigenvalue weighted by atomic mass is 10.0. The van der Waals surface area contributed by atoms with Gasteiger partial charge in [-0.2, -0.15) is 0 Å². The van der Waals surface area contributed by atoms with Crippen LogP contribution in [0, 0.1) is 0 Å². The molecule has 4 heteroatoms. The first kappa shape index (κ1) is 20.9. The Morgan fingerprint density at radius 2 is 1.49 bits per heavy atom. The molecule has 0 saturated carbocycles. The van der Waals surface area contributed by atoms with Crippen molar-refractivity contribution in [1.82, 2.24) is 9.97 Å². The van der Waals surface area contributed by atoms with Crippen molar-refractivity contribution in [2.75, 3.05) is 0 Å². The molecular formula is C31H22N2O2. The Morgan fingerprint density at radius 3 is 2.34 bits per heavy atom. The number of nitrogens with zero attached hydrogens (tertiary/aromatic N) is 2. The molecule has 0 aliphatic heterocycles. The number of hydrogen-bond acceptors (Lipinski definition) is 4. The number of benzene rings is 4. The summed E-state index contributed by atoms with van der Waals surface area (Å²) in [4.78, 5) is 9.30. The van der Waals surface area contributed by atoms with Crippen LogP contribution in [0.15, 0.2) is 120 Å². The maximum absolute atomic E-state index is 10.6. The van der Waals surface area contributed by atoms with Gasteiger partial charge in [-0.15, -0.1) is 0 Å². The van der Waals surface area contributed by atoms with Crippen molar-refractivity contribution in [3.05, 3.63) is 127 Å².